The van der Waals surface area contributed by atoms with Crippen LogP contribution < -0.4 is 10.6 Å². The third kappa shape index (κ3) is 3.46. The molecule has 0 fully saturated rings. The average Bonchev–Trinajstić information content (AvgIpc) is 2.95. The Hall–Kier alpha value is -1.66. The third-order valence-corrected chi connectivity index (χ3v) is 3.89. The van der Waals surface area contributed by atoms with Crippen LogP contribution in [0.5, 0.6) is 0 Å². The fourth-order valence-electron chi connectivity index (χ4n) is 1.67. The molecule has 2 N–H and O–H groups in total. The van der Waals surface area contributed by atoms with Gasteiger partial charge in [-0.1, -0.05) is 11.6 Å². The smallest absolute Gasteiger partial charge is 0.253 e. The summed E-state index contributed by atoms with van der Waals surface area (Å²) < 4.78 is 0. The first-order valence-corrected chi connectivity index (χ1v) is 7.47. The number of hydrogen-bond acceptors (Lipinski definition) is 5. The van der Waals surface area contributed by atoms with Crippen molar-refractivity contribution in [3.63, 3.8) is 0 Å². The number of carbonyl (C=O) groups excluding carboxylic acids is 1. The summed E-state index contributed by atoms with van der Waals surface area (Å²) in [5.74, 6) is 0.392. The van der Waals surface area contributed by atoms with Gasteiger partial charge in [0.15, 0.2) is 0 Å². The van der Waals surface area contributed by atoms with E-state index in [4.69, 9.17) is 11.6 Å². The summed E-state index contributed by atoms with van der Waals surface area (Å²) in [6, 6.07) is 1.49. The van der Waals surface area contributed by atoms with Gasteiger partial charge in [-0.3, -0.25) is 4.79 Å². The second-order valence-corrected chi connectivity index (χ2v) is 5.48. The molecule has 5 nitrogen and oxygen atoms in total. The lowest BCUT2D eigenvalue weighted by atomic mass is 10.2. The van der Waals surface area contributed by atoms with Gasteiger partial charge in [-0.05, 0) is 19.9 Å². The number of nitrogens with zero attached hydrogens (tertiary/aromatic N) is 2. The molecular weight excluding hydrogens is 296 g/mol. The number of halogens is 1. The van der Waals surface area contributed by atoms with Crippen LogP contribution >= 0.6 is 22.9 Å². The first-order chi connectivity index (χ1) is 9.61. The Morgan fingerprint density at radius 3 is 2.95 bits per heavy atom. The minimum atomic E-state index is -0.237. The number of aromatic nitrogens is 2. The monoisotopic (exact) mass is 310 g/mol. The number of anilines is 1. The van der Waals surface area contributed by atoms with Crippen molar-refractivity contribution in [2.75, 3.05) is 11.9 Å². The molecule has 1 atom stereocenters. The van der Waals surface area contributed by atoms with Crippen molar-refractivity contribution in [1.29, 1.82) is 0 Å². The summed E-state index contributed by atoms with van der Waals surface area (Å²) in [5.41, 5.74) is 0.404. The molecule has 0 aliphatic rings. The molecular formula is C13H15ClN4OS. The standard InChI is InChI=1S/C13H15ClN4OS/c1-3-15-11-6-9(10(14)7-17-11)12(19)18-8(2)13-16-4-5-20-13/h4-8H,3H2,1-2H3,(H,15,17)(H,18,19). The second-order valence-electron chi connectivity index (χ2n) is 4.15. The molecule has 0 spiro atoms. The minimum absolute atomic E-state index is 0.158. The van der Waals surface area contributed by atoms with Crippen LogP contribution in [0.3, 0.4) is 0 Å². The molecule has 0 bridgehead atoms. The van der Waals surface area contributed by atoms with E-state index in [2.05, 4.69) is 20.6 Å². The Balaban J connectivity index is 2.14. The number of hydrogen-bond donors (Lipinski definition) is 2. The minimum Gasteiger partial charge on any atom is -0.370 e. The van der Waals surface area contributed by atoms with E-state index in [1.807, 2.05) is 19.2 Å². The highest BCUT2D eigenvalue weighted by Crippen LogP contribution is 2.20. The van der Waals surface area contributed by atoms with E-state index in [1.165, 1.54) is 17.5 Å². The van der Waals surface area contributed by atoms with Crippen LogP contribution in [-0.2, 0) is 0 Å². The quantitative estimate of drug-likeness (QED) is 0.890. The molecule has 0 aliphatic carbocycles. The highest BCUT2D eigenvalue weighted by Gasteiger charge is 2.16. The zero-order valence-electron chi connectivity index (χ0n) is 11.2. The number of amides is 1. The van der Waals surface area contributed by atoms with Gasteiger partial charge in [0.1, 0.15) is 10.8 Å². The zero-order chi connectivity index (χ0) is 14.5. The van der Waals surface area contributed by atoms with Crippen LogP contribution in [0.15, 0.2) is 23.8 Å². The van der Waals surface area contributed by atoms with Crippen molar-refractivity contribution in [3.8, 4) is 0 Å². The molecule has 7 heteroatoms. The van der Waals surface area contributed by atoms with Crippen molar-refractivity contribution in [1.82, 2.24) is 15.3 Å². The van der Waals surface area contributed by atoms with Gasteiger partial charge in [0.05, 0.1) is 16.6 Å². The van der Waals surface area contributed by atoms with Crippen molar-refractivity contribution >= 4 is 34.7 Å². The highest BCUT2D eigenvalue weighted by molar-refractivity contribution is 7.09. The van der Waals surface area contributed by atoms with Crippen LogP contribution in [0.2, 0.25) is 5.02 Å². The summed E-state index contributed by atoms with van der Waals surface area (Å²) in [4.78, 5) is 20.5. The SMILES string of the molecule is CCNc1cc(C(=O)NC(C)c2nccs2)c(Cl)cn1. The molecule has 0 saturated heterocycles. The van der Waals surface area contributed by atoms with Crippen molar-refractivity contribution < 1.29 is 4.79 Å². The molecule has 1 amide bonds. The highest BCUT2D eigenvalue weighted by atomic mass is 35.5. The summed E-state index contributed by atoms with van der Waals surface area (Å²) in [6.07, 6.45) is 3.19. The van der Waals surface area contributed by atoms with Crippen molar-refractivity contribution in [2.45, 2.75) is 19.9 Å². The maximum atomic E-state index is 12.3. The van der Waals surface area contributed by atoms with E-state index in [0.717, 1.165) is 11.6 Å². The maximum Gasteiger partial charge on any atom is 0.253 e. The Kier molecular flexibility index (Phi) is 4.92. The van der Waals surface area contributed by atoms with Crippen LogP contribution in [0, 0.1) is 0 Å². The predicted octanol–water partition coefficient (Wildman–Crippen LogP) is 3.11. The number of nitrogens with one attached hydrogen (secondary N) is 2. The Labute approximate surface area is 126 Å². The van der Waals surface area contributed by atoms with Gasteiger partial charge in [0, 0.05) is 24.3 Å². The summed E-state index contributed by atoms with van der Waals surface area (Å²) in [6.45, 7) is 4.57. The molecule has 0 radical (unpaired) electrons. The van der Waals surface area contributed by atoms with Crippen LogP contribution in [0.4, 0.5) is 5.82 Å². The van der Waals surface area contributed by atoms with Gasteiger partial charge >= 0.3 is 0 Å². The molecule has 106 valence electrons. The summed E-state index contributed by atoms with van der Waals surface area (Å²) in [7, 11) is 0. The Bertz CT molecular complexity index is 588. The van der Waals surface area contributed by atoms with Crippen molar-refractivity contribution in [3.05, 3.63) is 39.4 Å². The Morgan fingerprint density at radius 1 is 1.50 bits per heavy atom. The Morgan fingerprint density at radius 2 is 2.30 bits per heavy atom. The molecule has 0 aliphatic heterocycles. The molecule has 2 aromatic heterocycles. The molecule has 0 saturated carbocycles. The van der Waals surface area contributed by atoms with Gasteiger partial charge in [-0.25, -0.2) is 9.97 Å². The van der Waals surface area contributed by atoms with Gasteiger partial charge in [0.25, 0.3) is 5.91 Å². The predicted molar refractivity (Wildman–Crippen MR) is 81.4 cm³/mol. The van der Waals surface area contributed by atoms with Crippen molar-refractivity contribution in [2.24, 2.45) is 0 Å². The number of carbonyl (C=O) groups is 1. The molecule has 20 heavy (non-hydrogen) atoms. The van der Waals surface area contributed by atoms with Gasteiger partial charge < -0.3 is 10.6 Å². The fraction of sp³-hybridized carbons (Fsp3) is 0.308. The van der Waals surface area contributed by atoms with Gasteiger partial charge in [0.2, 0.25) is 0 Å². The number of pyridine rings is 1. The normalized spacial score (nSPS) is 11.9. The number of rotatable bonds is 5. The number of thiazole rings is 1. The lowest BCUT2D eigenvalue weighted by Gasteiger charge is -2.13. The van der Waals surface area contributed by atoms with Crippen LogP contribution in [0.25, 0.3) is 0 Å². The van der Waals surface area contributed by atoms with E-state index in [-0.39, 0.29) is 11.9 Å². The van der Waals surface area contributed by atoms with E-state index in [1.54, 1.807) is 12.3 Å². The lowest BCUT2D eigenvalue weighted by molar-refractivity contribution is 0.0940. The van der Waals surface area contributed by atoms with E-state index in [0.29, 0.717) is 16.4 Å². The first-order valence-electron chi connectivity index (χ1n) is 6.21. The van der Waals surface area contributed by atoms with Gasteiger partial charge in [-0.2, -0.15) is 0 Å². The first kappa shape index (κ1) is 14.7. The van der Waals surface area contributed by atoms with Crippen LogP contribution in [0.1, 0.15) is 35.3 Å². The largest absolute Gasteiger partial charge is 0.370 e. The lowest BCUT2D eigenvalue weighted by Crippen LogP contribution is -2.27. The molecule has 0 aromatic carbocycles. The average molecular weight is 311 g/mol. The molecule has 2 aromatic rings. The van der Waals surface area contributed by atoms with E-state index < -0.39 is 0 Å². The topological polar surface area (TPSA) is 66.9 Å². The summed E-state index contributed by atoms with van der Waals surface area (Å²) in [5, 5.41) is 8.99. The summed E-state index contributed by atoms with van der Waals surface area (Å²) >= 11 is 7.54. The van der Waals surface area contributed by atoms with Gasteiger partial charge in [-0.15, -0.1) is 11.3 Å². The molecule has 1 unspecified atom stereocenters. The fourth-order valence-corrected chi connectivity index (χ4v) is 2.51. The van der Waals surface area contributed by atoms with E-state index >= 15 is 0 Å². The zero-order valence-corrected chi connectivity index (χ0v) is 12.8. The second kappa shape index (κ2) is 6.67. The van der Waals surface area contributed by atoms with E-state index in [9.17, 15) is 4.79 Å². The maximum absolute atomic E-state index is 12.3. The third-order valence-electron chi connectivity index (χ3n) is 2.63. The molecule has 2 heterocycles. The molecule has 2 rings (SSSR count). The van der Waals surface area contributed by atoms with Crippen LogP contribution in [-0.4, -0.2) is 22.4 Å².